The van der Waals surface area contributed by atoms with Gasteiger partial charge in [0.2, 0.25) is 5.88 Å². The fourth-order valence-corrected chi connectivity index (χ4v) is 3.28. The van der Waals surface area contributed by atoms with E-state index < -0.39 is 0 Å². The van der Waals surface area contributed by atoms with Crippen molar-refractivity contribution < 1.29 is 9.15 Å². The fourth-order valence-electron chi connectivity index (χ4n) is 2.88. The molecule has 3 nitrogen and oxygen atoms in total. The van der Waals surface area contributed by atoms with Crippen LogP contribution in [0.15, 0.2) is 28.7 Å². The van der Waals surface area contributed by atoms with Crippen LogP contribution in [0.3, 0.4) is 0 Å². The van der Waals surface area contributed by atoms with Crippen LogP contribution >= 0.6 is 23.2 Å². The molecule has 0 saturated carbocycles. The van der Waals surface area contributed by atoms with E-state index in [0.717, 1.165) is 41.7 Å². The van der Waals surface area contributed by atoms with Crippen LogP contribution in [0, 0.1) is 6.92 Å². The zero-order chi connectivity index (χ0) is 17.3. The summed E-state index contributed by atoms with van der Waals surface area (Å²) in [6, 6.07) is 7.66. The number of benzene rings is 1. The van der Waals surface area contributed by atoms with Crippen molar-refractivity contribution in [1.82, 2.24) is 4.98 Å². The number of rotatable bonds is 5. The summed E-state index contributed by atoms with van der Waals surface area (Å²) >= 11 is 12.4. The topological polar surface area (TPSA) is 35.3 Å². The average Bonchev–Trinajstić information content (AvgIpc) is 3.02. The minimum absolute atomic E-state index is 0.573. The quantitative estimate of drug-likeness (QED) is 0.574. The molecule has 0 unspecified atom stereocenters. The van der Waals surface area contributed by atoms with Gasteiger partial charge in [0.15, 0.2) is 5.58 Å². The number of hydrogen-bond acceptors (Lipinski definition) is 3. The maximum Gasteiger partial charge on any atom is 0.216 e. The molecule has 0 spiro atoms. The average molecular weight is 364 g/mol. The molecule has 3 rings (SSSR count). The van der Waals surface area contributed by atoms with Gasteiger partial charge in [0.05, 0.1) is 17.2 Å². The lowest BCUT2D eigenvalue weighted by Gasteiger charge is -2.11. The summed E-state index contributed by atoms with van der Waals surface area (Å²) in [5.41, 5.74) is 3.97. The van der Waals surface area contributed by atoms with E-state index in [1.807, 2.05) is 13.0 Å². The summed E-state index contributed by atoms with van der Waals surface area (Å²) in [6.07, 6.45) is 2.45. The van der Waals surface area contributed by atoms with E-state index in [1.165, 1.54) is 5.56 Å². The van der Waals surface area contributed by atoms with E-state index in [-0.39, 0.29) is 0 Å². The van der Waals surface area contributed by atoms with Crippen molar-refractivity contribution in [3.8, 4) is 5.88 Å². The van der Waals surface area contributed by atoms with E-state index in [0.29, 0.717) is 21.5 Å². The maximum absolute atomic E-state index is 6.22. The molecule has 0 fully saturated rings. The SMILES string of the molecule is CCc1cc(CCc2cc3c(Cl)ccc(Cl)c3o2)c(OC)nc1C. The monoisotopic (exact) mass is 363 g/mol. The van der Waals surface area contributed by atoms with Gasteiger partial charge < -0.3 is 9.15 Å². The Kier molecular flexibility index (Phi) is 5.02. The Morgan fingerprint density at radius 1 is 1.08 bits per heavy atom. The highest BCUT2D eigenvalue weighted by Gasteiger charge is 2.13. The van der Waals surface area contributed by atoms with Gasteiger partial charge in [-0.3, -0.25) is 0 Å². The van der Waals surface area contributed by atoms with Crippen LogP contribution in [-0.2, 0) is 19.3 Å². The number of methoxy groups -OCH3 is 1. The number of pyridine rings is 1. The second kappa shape index (κ2) is 7.04. The van der Waals surface area contributed by atoms with Gasteiger partial charge in [-0.2, -0.15) is 0 Å². The molecule has 1 aromatic carbocycles. The number of aryl methyl sites for hydroxylation is 4. The smallest absolute Gasteiger partial charge is 0.216 e. The Morgan fingerprint density at radius 3 is 2.50 bits per heavy atom. The van der Waals surface area contributed by atoms with E-state index >= 15 is 0 Å². The highest BCUT2D eigenvalue weighted by Crippen LogP contribution is 2.33. The number of hydrogen-bond donors (Lipinski definition) is 0. The molecule has 0 aliphatic carbocycles. The molecule has 5 heteroatoms. The number of furan rings is 1. The Labute approximate surface area is 151 Å². The highest BCUT2D eigenvalue weighted by molar-refractivity contribution is 6.39. The van der Waals surface area contributed by atoms with E-state index in [4.69, 9.17) is 32.4 Å². The van der Waals surface area contributed by atoms with Crippen molar-refractivity contribution in [1.29, 1.82) is 0 Å². The molecule has 24 heavy (non-hydrogen) atoms. The lowest BCUT2D eigenvalue weighted by atomic mass is 10.0. The molecular weight excluding hydrogens is 345 g/mol. The van der Waals surface area contributed by atoms with Gasteiger partial charge in [-0.15, -0.1) is 0 Å². The van der Waals surface area contributed by atoms with Crippen LogP contribution in [0.25, 0.3) is 11.0 Å². The molecule has 2 aromatic heterocycles. The molecule has 0 aliphatic heterocycles. The summed E-state index contributed by atoms with van der Waals surface area (Å²) < 4.78 is 11.3. The van der Waals surface area contributed by atoms with Crippen molar-refractivity contribution in [2.75, 3.05) is 7.11 Å². The maximum atomic E-state index is 6.22. The number of nitrogens with zero attached hydrogens (tertiary/aromatic N) is 1. The van der Waals surface area contributed by atoms with Gasteiger partial charge in [-0.05, 0) is 49.6 Å². The third kappa shape index (κ3) is 3.24. The summed E-state index contributed by atoms with van der Waals surface area (Å²) in [7, 11) is 1.65. The van der Waals surface area contributed by atoms with Crippen molar-refractivity contribution in [2.45, 2.75) is 33.1 Å². The van der Waals surface area contributed by atoms with Gasteiger partial charge in [0, 0.05) is 23.1 Å². The lowest BCUT2D eigenvalue weighted by molar-refractivity contribution is 0.390. The van der Waals surface area contributed by atoms with Gasteiger partial charge >= 0.3 is 0 Å². The summed E-state index contributed by atoms with van der Waals surface area (Å²) in [5.74, 6) is 1.53. The summed E-state index contributed by atoms with van der Waals surface area (Å²) in [4.78, 5) is 4.55. The zero-order valence-corrected chi connectivity index (χ0v) is 15.5. The van der Waals surface area contributed by atoms with Gasteiger partial charge in [-0.25, -0.2) is 4.98 Å². The molecule has 2 heterocycles. The molecule has 0 radical (unpaired) electrons. The molecule has 0 aliphatic rings. The predicted molar refractivity (Wildman–Crippen MR) is 98.5 cm³/mol. The number of ether oxygens (including phenoxy) is 1. The predicted octanol–water partition coefficient (Wildman–Crippen LogP) is 5.80. The number of fused-ring (bicyclic) bond motifs is 1. The highest BCUT2D eigenvalue weighted by atomic mass is 35.5. The molecule has 0 N–H and O–H groups in total. The van der Waals surface area contributed by atoms with Crippen LogP contribution in [0.2, 0.25) is 10.0 Å². The second-order valence-electron chi connectivity index (χ2n) is 5.74. The first-order valence-electron chi connectivity index (χ1n) is 7.93. The minimum Gasteiger partial charge on any atom is -0.481 e. The van der Waals surface area contributed by atoms with Crippen molar-refractivity contribution in [3.63, 3.8) is 0 Å². The van der Waals surface area contributed by atoms with Crippen LogP contribution in [0.1, 0.15) is 29.5 Å². The van der Waals surface area contributed by atoms with Crippen LogP contribution in [-0.4, -0.2) is 12.1 Å². The molecular formula is C19H19Cl2NO2. The third-order valence-corrected chi connectivity index (χ3v) is 4.83. The van der Waals surface area contributed by atoms with Gasteiger partial charge in [-0.1, -0.05) is 30.1 Å². The molecule has 0 bridgehead atoms. The van der Waals surface area contributed by atoms with Crippen molar-refractivity contribution >= 4 is 34.2 Å². The Bertz CT molecular complexity index is 848. The van der Waals surface area contributed by atoms with Crippen LogP contribution in [0.5, 0.6) is 5.88 Å². The third-order valence-electron chi connectivity index (χ3n) is 4.21. The number of aromatic nitrogens is 1. The molecule has 126 valence electrons. The fraction of sp³-hybridized carbons (Fsp3) is 0.316. The summed E-state index contributed by atoms with van der Waals surface area (Å²) in [6.45, 7) is 4.14. The first-order chi connectivity index (χ1) is 11.5. The molecule has 0 atom stereocenters. The molecule has 3 aromatic rings. The van der Waals surface area contributed by atoms with Gasteiger partial charge in [0.25, 0.3) is 0 Å². The Balaban J connectivity index is 1.88. The molecule has 0 saturated heterocycles. The minimum atomic E-state index is 0.573. The Hall–Kier alpha value is -1.71. The van der Waals surface area contributed by atoms with E-state index in [1.54, 1.807) is 19.2 Å². The standard InChI is InChI=1S/C19H19Cl2NO2/c1-4-12-9-13(19(23-3)22-11(12)2)5-6-14-10-15-16(20)7-8-17(21)18(15)24-14/h7-10H,4-6H2,1-3H3. The van der Waals surface area contributed by atoms with E-state index in [9.17, 15) is 0 Å². The van der Waals surface area contributed by atoms with Gasteiger partial charge in [0.1, 0.15) is 5.76 Å². The number of halogens is 2. The first kappa shape index (κ1) is 17.1. The first-order valence-corrected chi connectivity index (χ1v) is 8.68. The lowest BCUT2D eigenvalue weighted by Crippen LogP contribution is -2.02. The zero-order valence-electron chi connectivity index (χ0n) is 14.0. The largest absolute Gasteiger partial charge is 0.481 e. The van der Waals surface area contributed by atoms with Crippen molar-refractivity contribution in [2.24, 2.45) is 0 Å². The van der Waals surface area contributed by atoms with Crippen molar-refractivity contribution in [3.05, 3.63) is 56.9 Å². The van der Waals surface area contributed by atoms with Crippen LogP contribution < -0.4 is 4.74 Å². The molecule has 0 amide bonds. The normalized spacial score (nSPS) is 11.2. The second-order valence-corrected chi connectivity index (χ2v) is 6.55. The Morgan fingerprint density at radius 2 is 1.83 bits per heavy atom. The van der Waals surface area contributed by atoms with E-state index in [2.05, 4.69) is 18.0 Å². The van der Waals surface area contributed by atoms with Crippen LogP contribution in [0.4, 0.5) is 0 Å². The summed E-state index contributed by atoms with van der Waals surface area (Å²) in [5, 5.41) is 2.07.